The second-order valence-corrected chi connectivity index (χ2v) is 9.40. The summed E-state index contributed by atoms with van der Waals surface area (Å²) in [6, 6.07) is 8.03. The number of hydrogen-bond donors (Lipinski definition) is 1. The molecule has 1 atom stereocenters. The molecule has 0 bridgehead atoms. The normalized spacial score (nSPS) is 21.1. The third-order valence-electron chi connectivity index (χ3n) is 5.64. The van der Waals surface area contributed by atoms with Crippen LogP contribution in [0.3, 0.4) is 0 Å². The lowest BCUT2D eigenvalue weighted by Crippen LogP contribution is -2.48. The Hall–Kier alpha value is -1.69. The highest BCUT2D eigenvalue weighted by Crippen LogP contribution is 2.25. The maximum absolute atomic E-state index is 12.6. The van der Waals surface area contributed by atoms with Crippen molar-refractivity contribution in [3.8, 4) is 0 Å². The monoisotopic (exact) mass is 402 g/mol. The molecule has 2 aliphatic rings. The van der Waals surface area contributed by atoms with Crippen molar-refractivity contribution in [2.45, 2.75) is 44.9 Å². The van der Waals surface area contributed by atoms with Gasteiger partial charge >= 0.3 is 0 Å². The molecule has 0 saturated carbocycles. The lowest BCUT2D eigenvalue weighted by molar-refractivity contribution is 0.0724. The molecule has 2 fully saturated rings. The highest BCUT2D eigenvalue weighted by molar-refractivity contribution is 8.00. The van der Waals surface area contributed by atoms with E-state index in [9.17, 15) is 4.79 Å². The van der Waals surface area contributed by atoms with Crippen LogP contribution in [-0.4, -0.2) is 65.9 Å². The van der Waals surface area contributed by atoms with Crippen molar-refractivity contribution in [2.24, 2.45) is 10.9 Å². The molecule has 0 aliphatic carbocycles. The van der Waals surface area contributed by atoms with Crippen molar-refractivity contribution < 1.29 is 4.79 Å². The van der Waals surface area contributed by atoms with Crippen LogP contribution in [0.2, 0.25) is 0 Å². The number of carbonyl (C=O) groups is 1. The molecule has 2 saturated heterocycles. The Morgan fingerprint density at radius 1 is 1.14 bits per heavy atom. The summed E-state index contributed by atoms with van der Waals surface area (Å²) < 4.78 is 0. The van der Waals surface area contributed by atoms with Crippen molar-refractivity contribution in [3.05, 3.63) is 35.4 Å². The first-order valence-corrected chi connectivity index (χ1v) is 11.6. The zero-order valence-electron chi connectivity index (χ0n) is 17.5. The second-order valence-electron chi connectivity index (χ2n) is 8.05. The highest BCUT2D eigenvalue weighted by Gasteiger charge is 2.24. The summed E-state index contributed by atoms with van der Waals surface area (Å²) in [5.74, 6) is 2.97. The van der Waals surface area contributed by atoms with E-state index in [1.165, 1.54) is 12.0 Å². The summed E-state index contributed by atoms with van der Waals surface area (Å²) in [7, 11) is 1.86. The van der Waals surface area contributed by atoms with Gasteiger partial charge in [-0.2, -0.15) is 11.8 Å². The summed E-state index contributed by atoms with van der Waals surface area (Å²) in [4.78, 5) is 21.4. The van der Waals surface area contributed by atoms with E-state index >= 15 is 0 Å². The van der Waals surface area contributed by atoms with Crippen LogP contribution < -0.4 is 5.32 Å². The van der Waals surface area contributed by atoms with Gasteiger partial charge in [-0.15, -0.1) is 0 Å². The molecule has 1 amide bonds. The molecular weight excluding hydrogens is 368 g/mol. The molecule has 0 radical (unpaired) electrons. The lowest BCUT2D eigenvalue weighted by Gasteiger charge is -2.36. The van der Waals surface area contributed by atoms with Crippen molar-refractivity contribution >= 4 is 23.6 Å². The molecule has 2 heterocycles. The van der Waals surface area contributed by atoms with Crippen molar-refractivity contribution in [2.75, 3.05) is 39.0 Å². The van der Waals surface area contributed by atoms with E-state index in [4.69, 9.17) is 0 Å². The Kier molecular flexibility index (Phi) is 7.65. The van der Waals surface area contributed by atoms with Crippen molar-refractivity contribution in [1.82, 2.24) is 15.1 Å². The van der Waals surface area contributed by atoms with Crippen LogP contribution >= 0.6 is 11.8 Å². The van der Waals surface area contributed by atoms with Gasteiger partial charge in [-0.05, 0) is 42.9 Å². The van der Waals surface area contributed by atoms with Gasteiger partial charge in [0, 0.05) is 56.3 Å². The molecule has 28 heavy (non-hydrogen) atoms. The Labute approximate surface area is 174 Å². The van der Waals surface area contributed by atoms with Crippen molar-refractivity contribution in [1.29, 1.82) is 0 Å². The zero-order valence-corrected chi connectivity index (χ0v) is 18.3. The minimum absolute atomic E-state index is 0.167. The van der Waals surface area contributed by atoms with Gasteiger partial charge < -0.3 is 15.1 Å². The number of thioether (sulfide) groups is 1. The Bertz CT molecular complexity index is 668. The van der Waals surface area contributed by atoms with Gasteiger partial charge in [-0.1, -0.05) is 26.0 Å². The van der Waals surface area contributed by atoms with E-state index in [1.807, 2.05) is 24.1 Å². The maximum atomic E-state index is 12.6. The molecule has 2 aliphatic heterocycles. The number of rotatable bonds is 4. The molecular formula is C22H34N4OS. The zero-order chi connectivity index (χ0) is 19.9. The smallest absolute Gasteiger partial charge is 0.253 e. The molecule has 1 aromatic rings. The average molecular weight is 403 g/mol. The maximum Gasteiger partial charge on any atom is 0.253 e. The molecule has 3 rings (SSSR count). The van der Waals surface area contributed by atoms with Crippen LogP contribution in [0.5, 0.6) is 0 Å². The number of piperidine rings is 1. The summed E-state index contributed by atoms with van der Waals surface area (Å²) in [5.41, 5.74) is 1.96. The first-order valence-electron chi connectivity index (χ1n) is 10.5. The molecule has 1 unspecified atom stereocenters. The quantitative estimate of drug-likeness (QED) is 0.619. The summed E-state index contributed by atoms with van der Waals surface area (Å²) in [6.07, 6.45) is 3.49. The fraction of sp³-hybridized carbons (Fsp3) is 0.636. The molecule has 6 heteroatoms. The van der Waals surface area contributed by atoms with Crippen molar-refractivity contribution in [3.63, 3.8) is 0 Å². The molecule has 0 spiro atoms. The van der Waals surface area contributed by atoms with Gasteiger partial charge in [-0.3, -0.25) is 9.79 Å². The van der Waals surface area contributed by atoms with E-state index in [0.717, 1.165) is 62.8 Å². The van der Waals surface area contributed by atoms with Crippen LogP contribution in [0, 0.1) is 5.92 Å². The van der Waals surface area contributed by atoms with E-state index in [2.05, 4.69) is 53.0 Å². The third kappa shape index (κ3) is 5.43. The largest absolute Gasteiger partial charge is 0.352 e. The van der Waals surface area contributed by atoms with E-state index in [0.29, 0.717) is 11.2 Å². The first-order chi connectivity index (χ1) is 13.6. The molecule has 0 aromatic heterocycles. The third-order valence-corrected chi connectivity index (χ3v) is 7.18. The first kappa shape index (κ1) is 21.0. The van der Waals surface area contributed by atoms with Crippen LogP contribution in [0.15, 0.2) is 29.3 Å². The SMILES string of the molecule is CN=C(NCc1ccc(C(=O)N2CCCCC2)cc1)N1CCSC(C(C)C)C1. The Balaban J connectivity index is 1.54. The average Bonchev–Trinajstić information content (AvgIpc) is 2.75. The molecule has 1 aromatic carbocycles. The topological polar surface area (TPSA) is 47.9 Å². The number of hydrogen-bond acceptors (Lipinski definition) is 3. The van der Waals surface area contributed by atoms with Gasteiger partial charge in [0.1, 0.15) is 0 Å². The van der Waals surface area contributed by atoms with Gasteiger partial charge in [0.15, 0.2) is 5.96 Å². The van der Waals surface area contributed by atoms with Crippen LogP contribution in [-0.2, 0) is 6.54 Å². The molecule has 154 valence electrons. The minimum atomic E-state index is 0.167. The number of carbonyl (C=O) groups excluding carboxylic acids is 1. The number of likely N-dealkylation sites (tertiary alicyclic amines) is 1. The summed E-state index contributed by atoms with van der Waals surface area (Å²) in [5, 5.41) is 4.16. The van der Waals surface area contributed by atoms with Gasteiger partial charge in [-0.25, -0.2) is 0 Å². The summed E-state index contributed by atoms with van der Waals surface area (Å²) >= 11 is 2.07. The van der Waals surface area contributed by atoms with E-state index in [-0.39, 0.29) is 5.91 Å². The predicted octanol–water partition coefficient (Wildman–Crippen LogP) is 3.46. The van der Waals surface area contributed by atoms with Gasteiger partial charge in [0.05, 0.1) is 0 Å². The van der Waals surface area contributed by atoms with Gasteiger partial charge in [0.25, 0.3) is 5.91 Å². The van der Waals surface area contributed by atoms with Crippen LogP contribution in [0.25, 0.3) is 0 Å². The summed E-state index contributed by atoms with van der Waals surface area (Å²) in [6.45, 7) is 9.19. The number of amides is 1. The molecule has 5 nitrogen and oxygen atoms in total. The second kappa shape index (κ2) is 10.2. The fourth-order valence-electron chi connectivity index (χ4n) is 3.83. The van der Waals surface area contributed by atoms with E-state index in [1.54, 1.807) is 0 Å². The number of nitrogens with zero attached hydrogens (tertiary/aromatic N) is 3. The number of benzene rings is 1. The predicted molar refractivity (Wildman–Crippen MR) is 119 cm³/mol. The Morgan fingerprint density at radius 3 is 2.50 bits per heavy atom. The molecule has 1 N–H and O–H groups in total. The lowest BCUT2D eigenvalue weighted by atomic mass is 10.1. The minimum Gasteiger partial charge on any atom is -0.352 e. The van der Waals surface area contributed by atoms with Crippen LogP contribution in [0.1, 0.15) is 49.0 Å². The number of guanidine groups is 1. The number of nitrogens with one attached hydrogen (secondary N) is 1. The standard InChI is InChI=1S/C22H34N4OS/c1-17(2)20-16-26(13-14-28-20)22(23-3)24-15-18-7-9-19(10-8-18)21(27)25-11-5-4-6-12-25/h7-10,17,20H,4-6,11-16H2,1-3H3,(H,23,24). The van der Waals surface area contributed by atoms with E-state index < -0.39 is 0 Å². The Morgan fingerprint density at radius 2 is 1.86 bits per heavy atom. The van der Waals surface area contributed by atoms with Gasteiger partial charge in [0.2, 0.25) is 0 Å². The van der Waals surface area contributed by atoms with Crippen LogP contribution in [0.4, 0.5) is 0 Å². The highest BCUT2D eigenvalue weighted by atomic mass is 32.2. The fourth-order valence-corrected chi connectivity index (χ4v) is 5.13. The number of aliphatic imine (C=N–C) groups is 1.